The summed E-state index contributed by atoms with van der Waals surface area (Å²) in [6, 6.07) is 13.6. The van der Waals surface area contributed by atoms with E-state index in [0.717, 1.165) is 22.2 Å². The highest BCUT2D eigenvalue weighted by molar-refractivity contribution is 5.95. The molecule has 2 aliphatic rings. The van der Waals surface area contributed by atoms with E-state index in [0.29, 0.717) is 44.6 Å². The number of fused-ring (bicyclic) bond motifs is 1. The molecule has 1 aliphatic carbocycles. The standard InChI is InChI=1S/C22H25N5O3/c1-25-23-18-7-6-17(14-19(18)24-25)15-2-4-16(5-3-15)20(28)26-10-12-27(13-11-26)21(29)22(30)8-9-22/h2-7,14,21,29-30H,8-13H2,1H3. The first-order valence-electron chi connectivity index (χ1n) is 10.3. The van der Waals surface area contributed by atoms with Crippen LogP contribution >= 0.6 is 0 Å². The second kappa shape index (κ2) is 7.16. The van der Waals surface area contributed by atoms with Crippen molar-refractivity contribution in [2.24, 2.45) is 7.05 Å². The largest absolute Gasteiger partial charge is 0.386 e. The minimum absolute atomic E-state index is 0.00907. The molecular formula is C22H25N5O3. The number of benzene rings is 2. The van der Waals surface area contributed by atoms with Crippen LogP contribution in [0.4, 0.5) is 0 Å². The van der Waals surface area contributed by atoms with E-state index in [1.165, 1.54) is 0 Å². The zero-order chi connectivity index (χ0) is 20.9. The normalized spacial score (nSPS) is 19.8. The molecule has 1 atom stereocenters. The molecular weight excluding hydrogens is 382 g/mol. The van der Waals surface area contributed by atoms with Crippen LogP contribution in [0.2, 0.25) is 0 Å². The number of carbonyl (C=O) groups excluding carboxylic acids is 1. The van der Waals surface area contributed by atoms with Gasteiger partial charge in [-0.1, -0.05) is 18.2 Å². The molecule has 1 unspecified atom stereocenters. The molecule has 5 rings (SSSR count). The predicted molar refractivity (Wildman–Crippen MR) is 112 cm³/mol. The second-order valence-electron chi connectivity index (χ2n) is 8.28. The second-order valence-corrected chi connectivity index (χ2v) is 8.28. The van der Waals surface area contributed by atoms with Crippen LogP contribution in [0.5, 0.6) is 0 Å². The number of amides is 1. The highest BCUT2D eigenvalue weighted by atomic mass is 16.4. The van der Waals surface area contributed by atoms with Gasteiger partial charge in [-0.2, -0.15) is 15.0 Å². The van der Waals surface area contributed by atoms with E-state index < -0.39 is 11.8 Å². The average Bonchev–Trinajstić information content (AvgIpc) is 3.41. The minimum Gasteiger partial charge on any atom is -0.386 e. The summed E-state index contributed by atoms with van der Waals surface area (Å²) in [6.07, 6.45) is 0.452. The fourth-order valence-corrected chi connectivity index (χ4v) is 4.09. The van der Waals surface area contributed by atoms with Gasteiger partial charge in [-0.05, 0) is 48.2 Å². The number of nitrogens with zero attached hydrogens (tertiary/aromatic N) is 5. The Morgan fingerprint density at radius 1 is 0.967 bits per heavy atom. The van der Waals surface area contributed by atoms with Gasteiger partial charge in [-0.15, -0.1) is 0 Å². The van der Waals surface area contributed by atoms with Gasteiger partial charge in [-0.3, -0.25) is 9.69 Å². The molecule has 8 nitrogen and oxygen atoms in total. The molecule has 8 heteroatoms. The fourth-order valence-electron chi connectivity index (χ4n) is 4.09. The number of hydrogen-bond donors (Lipinski definition) is 2. The average molecular weight is 407 g/mol. The van der Waals surface area contributed by atoms with E-state index in [-0.39, 0.29) is 5.91 Å². The van der Waals surface area contributed by atoms with Crippen molar-refractivity contribution in [2.75, 3.05) is 26.2 Å². The SMILES string of the molecule is Cn1nc2ccc(-c3ccc(C(=O)N4CCN(C(O)C5(O)CC5)CC4)cc3)cc2n1. The topological polar surface area (TPSA) is 94.7 Å². The summed E-state index contributed by atoms with van der Waals surface area (Å²) in [5, 5.41) is 29.0. The van der Waals surface area contributed by atoms with Crippen molar-refractivity contribution in [3.8, 4) is 11.1 Å². The molecule has 1 aromatic heterocycles. The van der Waals surface area contributed by atoms with Crippen LogP contribution in [0.25, 0.3) is 22.2 Å². The van der Waals surface area contributed by atoms with Crippen molar-refractivity contribution in [3.63, 3.8) is 0 Å². The van der Waals surface area contributed by atoms with E-state index in [9.17, 15) is 15.0 Å². The monoisotopic (exact) mass is 407 g/mol. The smallest absolute Gasteiger partial charge is 0.253 e. The first kappa shape index (κ1) is 19.2. The van der Waals surface area contributed by atoms with Gasteiger partial charge in [0.15, 0.2) is 0 Å². The molecule has 3 aromatic rings. The fraction of sp³-hybridized carbons (Fsp3) is 0.409. The zero-order valence-corrected chi connectivity index (χ0v) is 16.9. The first-order chi connectivity index (χ1) is 14.4. The predicted octanol–water partition coefficient (Wildman–Crippen LogP) is 1.24. The molecule has 156 valence electrons. The first-order valence-corrected chi connectivity index (χ1v) is 10.3. The zero-order valence-electron chi connectivity index (χ0n) is 16.9. The van der Waals surface area contributed by atoms with Crippen molar-refractivity contribution in [1.29, 1.82) is 0 Å². The number of carbonyl (C=O) groups is 1. The number of piperazine rings is 1. The van der Waals surface area contributed by atoms with Gasteiger partial charge in [-0.25, -0.2) is 0 Å². The van der Waals surface area contributed by atoms with Crippen LogP contribution in [-0.4, -0.2) is 78.9 Å². The van der Waals surface area contributed by atoms with Gasteiger partial charge in [0.05, 0.1) is 0 Å². The van der Waals surface area contributed by atoms with Gasteiger partial charge in [0.25, 0.3) is 5.91 Å². The Hall–Kier alpha value is -2.81. The van der Waals surface area contributed by atoms with E-state index in [1.54, 1.807) is 16.7 Å². The van der Waals surface area contributed by atoms with Crippen LogP contribution in [0.1, 0.15) is 23.2 Å². The van der Waals surface area contributed by atoms with E-state index in [4.69, 9.17) is 0 Å². The number of aliphatic hydroxyl groups excluding tert-OH is 1. The van der Waals surface area contributed by atoms with Crippen molar-refractivity contribution in [1.82, 2.24) is 24.8 Å². The Balaban J connectivity index is 1.25. The van der Waals surface area contributed by atoms with Gasteiger partial charge >= 0.3 is 0 Å². The number of hydrogen-bond acceptors (Lipinski definition) is 6. The molecule has 2 aromatic carbocycles. The van der Waals surface area contributed by atoms with Crippen LogP contribution in [-0.2, 0) is 7.05 Å². The summed E-state index contributed by atoms with van der Waals surface area (Å²) < 4.78 is 0. The summed E-state index contributed by atoms with van der Waals surface area (Å²) >= 11 is 0. The van der Waals surface area contributed by atoms with Crippen molar-refractivity contribution in [3.05, 3.63) is 48.0 Å². The Morgan fingerprint density at radius 2 is 1.60 bits per heavy atom. The quantitative estimate of drug-likeness (QED) is 0.676. The maximum atomic E-state index is 12.9. The molecule has 2 heterocycles. The lowest BCUT2D eigenvalue weighted by Crippen LogP contribution is -2.55. The molecule has 1 amide bonds. The lowest BCUT2D eigenvalue weighted by Gasteiger charge is -2.38. The van der Waals surface area contributed by atoms with Crippen LogP contribution < -0.4 is 0 Å². The molecule has 30 heavy (non-hydrogen) atoms. The van der Waals surface area contributed by atoms with Crippen molar-refractivity contribution in [2.45, 2.75) is 24.7 Å². The van der Waals surface area contributed by atoms with Gasteiger partial charge in [0.2, 0.25) is 0 Å². The molecule has 1 saturated carbocycles. The summed E-state index contributed by atoms with van der Waals surface area (Å²) in [7, 11) is 1.80. The Morgan fingerprint density at radius 3 is 2.27 bits per heavy atom. The van der Waals surface area contributed by atoms with Crippen LogP contribution in [0, 0.1) is 0 Å². The Bertz CT molecular complexity index is 1080. The third-order valence-corrected chi connectivity index (χ3v) is 6.14. The van der Waals surface area contributed by atoms with E-state index in [1.807, 2.05) is 47.4 Å². The highest BCUT2D eigenvalue weighted by Gasteiger charge is 2.50. The van der Waals surface area contributed by atoms with Crippen molar-refractivity contribution < 1.29 is 15.0 Å². The maximum absolute atomic E-state index is 12.9. The Labute approximate surface area is 174 Å². The highest BCUT2D eigenvalue weighted by Crippen LogP contribution is 2.39. The summed E-state index contributed by atoms with van der Waals surface area (Å²) in [5.74, 6) is -0.00907. The molecule has 2 fully saturated rings. The summed E-state index contributed by atoms with van der Waals surface area (Å²) in [6.45, 7) is 2.20. The minimum atomic E-state index is -0.948. The number of rotatable bonds is 4. The molecule has 1 aliphatic heterocycles. The maximum Gasteiger partial charge on any atom is 0.253 e. The summed E-state index contributed by atoms with van der Waals surface area (Å²) in [5.41, 5.74) is 3.44. The Kier molecular flexibility index (Phi) is 4.57. The molecule has 1 saturated heterocycles. The van der Waals surface area contributed by atoms with Gasteiger partial charge in [0.1, 0.15) is 22.9 Å². The van der Waals surface area contributed by atoms with Gasteiger partial charge in [0, 0.05) is 38.8 Å². The van der Waals surface area contributed by atoms with Crippen molar-refractivity contribution >= 4 is 16.9 Å². The van der Waals surface area contributed by atoms with E-state index in [2.05, 4.69) is 10.2 Å². The molecule has 0 spiro atoms. The van der Waals surface area contributed by atoms with E-state index >= 15 is 0 Å². The molecule has 0 bridgehead atoms. The van der Waals surface area contributed by atoms with Crippen LogP contribution in [0.3, 0.4) is 0 Å². The number of aryl methyl sites for hydroxylation is 1. The molecule has 2 N–H and O–H groups in total. The summed E-state index contributed by atoms with van der Waals surface area (Å²) in [4.78, 5) is 18.1. The molecule has 0 radical (unpaired) electrons. The third-order valence-electron chi connectivity index (χ3n) is 6.14. The lowest BCUT2D eigenvalue weighted by molar-refractivity contribution is -0.108. The number of aromatic nitrogens is 3. The lowest BCUT2D eigenvalue weighted by atomic mass is 10.0. The van der Waals surface area contributed by atoms with Gasteiger partial charge < -0.3 is 15.1 Å². The third kappa shape index (κ3) is 3.47. The van der Waals surface area contributed by atoms with Crippen LogP contribution in [0.15, 0.2) is 42.5 Å². The number of aliphatic hydroxyl groups is 2.